The summed E-state index contributed by atoms with van der Waals surface area (Å²) in [5, 5.41) is 3.22. The number of pyridine rings is 1. The monoisotopic (exact) mass is 278 g/mol. The minimum absolute atomic E-state index is 0.350. The Bertz CT molecular complexity index is 405. The Morgan fingerprint density at radius 3 is 2.75 bits per heavy atom. The van der Waals surface area contributed by atoms with Crippen LogP contribution < -0.4 is 5.32 Å². The van der Waals surface area contributed by atoms with Crippen LogP contribution in [0.4, 0.5) is 5.82 Å². The molecule has 1 aromatic rings. The van der Waals surface area contributed by atoms with Crippen LogP contribution >= 0.6 is 0 Å². The lowest BCUT2D eigenvalue weighted by Crippen LogP contribution is -2.10. The Morgan fingerprint density at radius 1 is 1.30 bits per heavy atom. The van der Waals surface area contributed by atoms with Crippen LogP contribution in [0.25, 0.3) is 0 Å². The summed E-state index contributed by atoms with van der Waals surface area (Å²) in [6.07, 6.45) is 7.85. The molecule has 0 fully saturated rings. The number of nitrogens with one attached hydrogen (secondary N) is 1. The van der Waals surface area contributed by atoms with Crippen molar-refractivity contribution in [2.75, 3.05) is 19.0 Å². The molecule has 0 aliphatic rings. The molecule has 0 spiro atoms. The Balaban J connectivity index is 2.27. The van der Waals surface area contributed by atoms with Crippen LogP contribution in [0.1, 0.15) is 56.3 Å². The van der Waals surface area contributed by atoms with Gasteiger partial charge in [0.15, 0.2) is 0 Å². The fourth-order valence-corrected chi connectivity index (χ4v) is 2.06. The molecule has 0 radical (unpaired) electrons. The number of rotatable bonds is 9. The number of hydrogen-bond donors (Lipinski definition) is 1. The highest BCUT2D eigenvalue weighted by molar-refractivity contribution is 5.94. The van der Waals surface area contributed by atoms with Gasteiger partial charge < -0.3 is 10.1 Å². The molecule has 0 amide bonds. The Morgan fingerprint density at radius 2 is 2.05 bits per heavy atom. The fourth-order valence-electron chi connectivity index (χ4n) is 2.06. The van der Waals surface area contributed by atoms with Crippen molar-refractivity contribution in [1.82, 2.24) is 4.98 Å². The molecule has 0 saturated carbocycles. The lowest BCUT2D eigenvalue weighted by molar-refractivity contribution is 0.0601. The van der Waals surface area contributed by atoms with Crippen molar-refractivity contribution in [1.29, 1.82) is 0 Å². The molecule has 0 aliphatic heterocycles. The largest absolute Gasteiger partial charge is 0.465 e. The lowest BCUT2D eigenvalue weighted by Gasteiger charge is -2.09. The van der Waals surface area contributed by atoms with E-state index in [0.29, 0.717) is 11.4 Å². The zero-order chi connectivity index (χ0) is 14.8. The minimum atomic E-state index is -0.350. The Hall–Kier alpha value is -1.58. The van der Waals surface area contributed by atoms with Crippen molar-refractivity contribution in [3.05, 3.63) is 23.9 Å². The molecule has 0 aliphatic carbocycles. The third-order valence-corrected chi connectivity index (χ3v) is 3.21. The Labute approximate surface area is 121 Å². The first-order valence-electron chi connectivity index (χ1n) is 7.42. The van der Waals surface area contributed by atoms with E-state index in [1.807, 2.05) is 0 Å². The van der Waals surface area contributed by atoms with Crippen LogP contribution in [0, 0.1) is 5.92 Å². The number of methoxy groups -OCH3 is 1. The summed E-state index contributed by atoms with van der Waals surface area (Å²) in [5.41, 5.74) is 0.495. The Kier molecular flexibility index (Phi) is 7.70. The number of ether oxygens (including phenoxy) is 1. The van der Waals surface area contributed by atoms with Crippen LogP contribution in [-0.2, 0) is 4.74 Å². The summed E-state index contributed by atoms with van der Waals surface area (Å²) >= 11 is 0. The van der Waals surface area contributed by atoms with E-state index >= 15 is 0 Å². The van der Waals surface area contributed by atoms with E-state index in [1.165, 1.54) is 32.8 Å². The molecule has 20 heavy (non-hydrogen) atoms. The van der Waals surface area contributed by atoms with Crippen LogP contribution in [0.5, 0.6) is 0 Å². The summed E-state index contributed by atoms with van der Waals surface area (Å²) in [7, 11) is 1.38. The van der Waals surface area contributed by atoms with E-state index in [0.717, 1.165) is 18.9 Å². The van der Waals surface area contributed by atoms with Gasteiger partial charge in [-0.2, -0.15) is 0 Å². The van der Waals surface area contributed by atoms with Crippen molar-refractivity contribution >= 4 is 11.8 Å². The van der Waals surface area contributed by atoms with Crippen molar-refractivity contribution in [3.8, 4) is 0 Å². The van der Waals surface area contributed by atoms with Gasteiger partial charge in [0.1, 0.15) is 11.4 Å². The van der Waals surface area contributed by atoms with Crippen molar-refractivity contribution < 1.29 is 9.53 Å². The van der Waals surface area contributed by atoms with Gasteiger partial charge in [-0.05, 0) is 24.5 Å². The molecule has 0 bridgehead atoms. The van der Waals surface area contributed by atoms with Gasteiger partial charge in [0.05, 0.1) is 7.11 Å². The normalized spacial score (nSPS) is 10.6. The van der Waals surface area contributed by atoms with Gasteiger partial charge in [-0.3, -0.25) is 0 Å². The SMILES string of the molecule is COC(=O)c1cccnc1NCCCCCCC(C)C. The number of carbonyl (C=O) groups is 1. The molecule has 1 aromatic heterocycles. The molecule has 1 rings (SSSR count). The minimum Gasteiger partial charge on any atom is -0.465 e. The second-order valence-electron chi connectivity index (χ2n) is 5.41. The van der Waals surface area contributed by atoms with Crippen LogP contribution in [0.2, 0.25) is 0 Å². The molecule has 0 unspecified atom stereocenters. The van der Waals surface area contributed by atoms with Gasteiger partial charge in [-0.25, -0.2) is 9.78 Å². The molecular weight excluding hydrogens is 252 g/mol. The third kappa shape index (κ3) is 6.04. The maximum Gasteiger partial charge on any atom is 0.341 e. The second kappa shape index (κ2) is 9.34. The van der Waals surface area contributed by atoms with E-state index in [4.69, 9.17) is 4.74 Å². The van der Waals surface area contributed by atoms with E-state index < -0.39 is 0 Å². The zero-order valence-corrected chi connectivity index (χ0v) is 12.8. The van der Waals surface area contributed by atoms with Gasteiger partial charge in [-0.15, -0.1) is 0 Å². The van der Waals surface area contributed by atoms with Crippen LogP contribution in [0.3, 0.4) is 0 Å². The first kappa shape index (κ1) is 16.5. The summed E-state index contributed by atoms with van der Waals surface area (Å²) in [4.78, 5) is 15.8. The topological polar surface area (TPSA) is 51.2 Å². The number of hydrogen-bond acceptors (Lipinski definition) is 4. The number of nitrogens with zero attached hydrogens (tertiary/aromatic N) is 1. The number of unbranched alkanes of at least 4 members (excludes halogenated alkanes) is 3. The zero-order valence-electron chi connectivity index (χ0n) is 12.8. The second-order valence-corrected chi connectivity index (χ2v) is 5.41. The standard InChI is InChI=1S/C16H26N2O2/c1-13(2)9-6-4-5-7-11-17-15-14(16(19)20-3)10-8-12-18-15/h8,10,12-13H,4-7,9,11H2,1-3H3,(H,17,18). The molecule has 112 valence electrons. The van der Waals surface area contributed by atoms with Crippen molar-refractivity contribution in [2.24, 2.45) is 5.92 Å². The van der Waals surface area contributed by atoms with E-state index in [9.17, 15) is 4.79 Å². The number of carbonyl (C=O) groups excluding carboxylic acids is 1. The summed E-state index contributed by atoms with van der Waals surface area (Å²) in [6, 6.07) is 3.47. The first-order chi connectivity index (χ1) is 9.65. The first-order valence-corrected chi connectivity index (χ1v) is 7.42. The van der Waals surface area contributed by atoms with E-state index in [1.54, 1.807) is 18.3 Å². The number of anilines is 1. The molecule has 0 atom stereocenters. The quantitative estimate of drug-likeness (QED) is 0.550. The molecule has 1 N–H and O–H groups in total. The van der Waals surface area contributed by atoms with Gasteiger partial charge >= 0.3 is 5.97 Å². The highest BCUT2D eigenvalue weighted by atomic mass is 16.5. The smallest absolute Gasteiger partial charge is 0.341 e. The molecule has 0 aromatic carbocycles. The van der Waals surface area contributed by atoms with E-state index in [-0.39, 0.29) is 5.97 Å². The highest BCUT2D eigenvalue weighted by Gasteiger charge is 2.11. The summed E-state index contributed by atoms with van der Waals surface area (Å²) in [5.74, 6) is 1.06. The number of aromatic nitrogens is 1. The van der Waals surface area contributed by atoms with Crippen molar-refractivity contribution in [2.45, 2.75) is 46.0 Å². The van der Waals surface area contributed by atoms with E-state index in [2.05, 4.69) is 24.1 Å². The summed E-state index contributed by atoms with van der Waals surface area (Å²) in [6.45, 7) is 5.36. The molecule has 4 heteroatoms. The molecular formula is C16H26N2O2. The molecule has 1 heterocycles. The van der Waals surface area contributed by atoms with Gasteiger partial charge in [-0.1, -0.05) is 39.5 Å². The maximum absolute atomic E-state index is 11.6. The van der Waals surface area contributed by atoms with Crippen LogP contribution in [0.15, 0.2) is 18.3 Å². The molecule has 4 nitrogen and oxygen atoms in total. The van der Waals surface area contributed by atoms with Crippen LogP contribution in [-0.4, -0.2) is 24.6 Å². The predicted octanol–water partition coefficient (Wildman–Crippen LogP) is 3.89. The maximum atomic E-state index is 11.6. The fraction of sp³-hybridized carbons (Fsp3) is 0.625. The summed E-state index contributed by atoms with van der Waals surface area (Å²) < 4.78 is 4.74. The van der Waals surface area contributed by atoms with Gasteiger partial charge in [0.2, 0.25) is 0 Å². The van der Waals surface area contributed by atoms with Crippen molar-refractivity contribution in [3.63, 3.8) is 0 Å². The van der Waals surface area contributed by atoms with Gasteiger partial charge in [0.25, 0.3) is 0 Å². The van der Waals surface area contributed by atoms with Gasteiger partial charge in [0, 0.05) is 12.7 Å². The molecule has 0 saturated heterocycles. The average Bonchev–Trinajstić information content (AvgIpc) is 2.45. The number of esters is 1. The highest BCUT2D eigenvalue weighted by Crippen LogP contribution is 2.13. The lowest BCUT2D eigenvalue weighted by atomic mass is 10.0. The predicted molar refractivity (Wildman–Crippen MR) is 82.0 cm³/mol. The average molecular weight is 278 g/mol. The third-order valence-electron chi connectivity index (χ3n) is 3.21.